The molecule has 10 heteroatoms. The molecule has 3 aromatic rings. The molecule has 0 saturated heterocycles. The Morgan fingerprint density at radius 1 is 1.11 bits per heavy atom. The van der Waals surface area contributed by atoms with Crippen molar-refractivity contribution in [2.45, 2.75) is 4.34 Å². The van der Waals surface area contributed by atoms with Crippen molar-refractivity contribution < 1.29 is 9.59 Å². The Kier molecular flexibility index (Phi) is 6.62. The lowest BCUT2D eigenvalue weighted by Gasteiger charge is -2.06. The van der Waals surface area contributed by atoms with Crippen LogP contribution in [0.4, 0.5) is 0 Å². The third-order valence-electron chi connectivity index (χ3n) is 3.28. The lowest BCUT2D eigenvalue weighted by atomic mass is 10.2. The highest BCUT2D eigenvalue weighted by Crippen LogP contribution is 2.23. The standard InChI is InChI=1S/C17H13ClN4O2S3/c18-12-8-6-11(7-9-12)15(24)20-19-14(23)10-26-16-21-22(17(25)27-16)13-4-2-1-3-5-13/h1-9H,10H2,(H,19,23)(H,20,24). The number of nitrogens with zero attached hydrogens (tertiary/aromatic N) is 2. The van der Waals surface area contributed by atoms with Crippen LogP contribution in [0.3, 0.4) is 0 Å². The number of benzene rings is 2. The van der Waals surface area contributed by atoms with Gasteiger partial charge < -0.3 is 0 Å². The summed E-state index contributed by atoms with van der Waals surface area (Å²) in [5, 5.41) is 4.95. The molecule has 3 rings (SSSR count). The van der Waals surface area contributed by atoms with Gasteiger partial charge in [-0.25, -0.2) is 4.68 Å². The van der Waals surface area contributed by atoms with E-state index in [9.17, 15) is 9.59 Å². The van der Waals surface area contributed by atoms with E-state index < -0.39 is 5.91 Å². The Morgan fingerprint density at radius 2 is 1.81 bits per heavy atom. The molecule has 0 radical (unpaired) electrons. The molecule has 0 aliphatic rings. The van der Waals surface area contributed by atoms with Crippen LogP contribution in [0.15, 0.2) is 58.9 Å². The summed E-state index contributed by atoms with van der Waals surface area (Å²) >= 11 is 13.7. The number of hydrazine groups is 1. The summed E-state index contributed by atoms with van der Waals surface area (Å²) in [5.74, 6) is -0.679. The minimum atomic E-state index is -0.422. The Bertz CT molecular complexity index is 1000. The minimum absolute atomic E-state index is 0.0952. The number of nitrogens with one attached hydrogen (secondary N) is 2. The van der Waals surface area contributed by atoms with E-state index in [-0.39, 0.29) is 11.7 Å². The number of aromatic nitrogens is 2. The summed E-state index contributed by atoms with van der Waals surface area (Å²) in [6.07, 6.45) is 0. The molecule has 0 spiro atoms. The van der Waals surface area contributed by atoms with Gasteiger partial charge in [0.2, 0.25) is 5.91 Å². The van der Waals surface area contributed by atoms with Gasteiger partial charge in [0.05, 0.1) is 11.4 Å². The first-order chi connectivity index (χ1) is 13.0. The number of para-hydroxylation sites is 1. The highest BCUT2D eigenvalue weighted by molar-refractivity contribution is 8.01. The molecule has 1 aromatic heterocycles. The van der Waals surface area contributed by atoms with Crippen molar-refractivity contribution in [2.75, 3.05) is 5.75 Å². The molecule has 0 saturated carbocycles. The molecule has 0 fully saturated rings. The third-order valence-corrected chi connectivity index (χ3v) is 5.90. The Balaban J connectivity index is 1.51. The van der Waals surface area contributed by atoms with E-state index in [1.165, 1.54) is 23.1 Å². The molecule has 6 nitrogen and oxygen atoms in total. The van der Waals surface area contributed by atoms with Crippen LogP contribution >= 0.6 is 46.9 Å². The predicted octanol–water partition coefficient (Wildman–Crippen LogP) is 3.87. The van der Waals surface area contributed by atoms with Gasteiger partial charge in [0.25, 0.3) is 5.91 Å². The third kappa shape index (κ3) is 5.39. The number of hydrogen-bond donors (Lipinski definition) is 2. The van der Waals surface area contributed by atoms with E-state index in [1.54, 1.807) is 28.9 Å². The molecule has 0 unspecified atom stereocenters. The zero-order chi connectivity index (χ0) is 19.2. The Labute approximate surface area is 173 Å². The van der Waals surface area contributed by atoms with Crippen LogP contribution in [0, 0.1) is 3.95 Å². The summed E-state index contributed by atoms with van der Waals surface area (Å²) in [5.41, 5.74) is 5.99. The summed E-state index contributed by atoms with van der Waals surface area (Å²) in [6, 6.07) is 15.9. The molecule has 2 N–H and O–H groups in total. The molecule has 2 aromatic carbocycles. The fraction of sp³-hybridized carbons (Fsp3) is 0.0588. The monoisotopic (exact) mass is 436 g/mol. The molecular formula is C17H13ClN4O2S3. The highest BCUT2D eigenvalue weighted by atomic mass is 35.5. The van der Waals surface area contributed by atoms with E-state index in [0.29, 0.717) is 18.9 Å². The molecule has 0 aliphatic carbocycles. The normalized spacial score (nSPS) is 10.4. The van der Waals surface area contributed by atoms with Gasteiger partial charge in [0.15, 0.2) is 8.29 Å². The maximum Gasteiger partial charge on any atom is 0.269 e. The number of carbonyl (C=O) groups is 2. The van der Waals surface area contributed by atoms with Crippen LogP contribution in [-0.2, 0) is 4.79 Å². The number of hydrogen-bond acceptors (Lipinski definition) is 6. The number of rotatable bonds is 5. The second-order valence-corrected chi connectivity index (χ2v) is 8.46. The van der Waals surface area contributed by atoms with Gasteiger partial charge >= 0.3 is 0 Å². The molecule has 0 aliphatic heterocycles. The first kappa shape index (κ1) is 19.6. The maximum atomic E-state index is 11.9. The SMILES string of the molecule is O=C(CSc1nn(-c2ccccc2)c(=S)s1)NNC(=O)c1ccc(Cl)cc1. The van der Waals surface area contributed by atoms with Crippen molar-refractivity contribution in [1.82, 2.24) is 20.6 Å². The molecule has 27 heavy (non-hydrogen) atoms. The number of amides is 2. The first-order valence-electron chi connectivity index (χ1n) is 7.66. The van der Waals surface area contributed by atoms with Crippen LogP contribution in [0.1, 0.15) is 10.4 Å². The summed E-state index contributed by atoms with van der Waals surface area (Å²) in [4.78, 5) is 23.9. The number of halogens is 1. The van der Waals surface area contributed by atoms with Gasteiger partial charge in [0, 0.05) is 10.6 Å². The van der Waals surface area contributed by atoms with Gasteiger partial charge in [0.1, 0.15) is 0 Å². The Hall–Kier alpha value is -2.20. The molecule has 0 bridgehead atoms. The second kappa shape index (κ2) is 9.14. The largest absolute Gasteiger partial charge is 0.272 e. The fourth-order valence-corrected chi connectivity index (χ4v) is 4.30. The van der Waals surface area contributed by atoms with Crippen molar-refractivity contribution in [2.24, 2.45) is 0 Å². The first-order valence-corrected chi connectivity index (χ1v) is 10.2. The van der Waals surface area contributed by atoms with Crippen LogP contribution in [0.25, 0.3) is 5.69 Å². The van der Waals surface area contributed by atoms with E-state index >= 15 is 0 Å². The van der Waals surface area contributed by atoms with Gasteiger partial charge in [-0.15, -0.1) is 5.10 Å². The van der Waals surface area contributed by atoms with Crippen LogP contribution in [0.5, 0.6) is 0 Å². The van der Waals surface area contributed by atoms with Crippen LogP contribution in [-0.4, -0.2) is 27.3 Å². The Morgan fingerprint density at radius 3 is 2.52 bits per heavy atom. The molecular weight excluding hydrogens is 424 g/mol. The van der Waals surface area contributed by atoms with Gasteiger partial charge in [-0.1, -0.05) is 52.9 Å². The zero-order valence-corrected chi connectivity index (χ0v) is 16.9. The molecule has 1 heterocycles. The smallest absolute Gasteiger partial charge is 0.269 e. The van der Waals surface area contributed by atoms with Crippen molar-refractivity contribution in [1.29, 1.82) is 0 Å². The summed E-state index contributed by atoms with van der Waals surface area (Å²) in [6.45, 7) is 0. The van der Waals surface area contributed by atoms with Crippen LogP contribution in [0.2, 0.25) is 5.02 Å². The van der Waals surface area contributed by atoms with Crippen molar-refractivity contribution in [3.05, 3.63) is 69.1 Å². The molecule has 138 valence electrons. The van der Waals surface area contributed by atoms with Gasteiger partial charge in [-0.3, -0.25) is 20.4 Å². The average Bonchev–Trinajstić information content (AvgIpc) is 3.06. The molecule has 0 atom stereocenters. The van der Waals surface area contributed by atoms with Crippen molar-refractivity contribution in [3.63, 3.8) is 0 Å². The maximum absolute atomic E-state index is 11.9. The van der Waals surface area contributed by atoms with E-state index in [0.717, 1.165) is 5.69 Å². The van der Waals surface area contributed by atoms with Gasteiger partial charge in [-0.05, 0) is 48.6 Å². The number of carbonyl (C=O) groups excluding carboxylic acids is 2. The fourth-order valence-electron chi connectivity index (χ4n) is 2.01. The predicted molar refractivity (Wildman–Crippen MR) is 110 cm³/mol. The lowest BCUT2D eigenvalue weighted by Crippen LogP contribution is -2.42. The number of thioether (sulfide) groups is 1. The van der Waals surface area contributed by atoms with Gasteiger partial charge in [-0.2, -0.15) is 0 Å². The molecule has 2 amide bonds. The summed E-state index contributed by atoms with van der Waals surface area (Å²) < 4.78 is 2.92. The lowest BCUT2D eigenvalue weighted by molar-refractivity contribution is -0.119. The van der Waals surface area contributed by atoms with Crippen molar-refractivity contribution in [3.8, 4) is 5.69 Å². The topological polar surface area (TPSA) is 76.0 Å². The van der Waals surface area contributed by atoms with E-state index in [4.69, 9.17) is 23.8 Å². The summed E-state index contributed by atoms with van der Waals surface area (Å²) in [7, 11) is 0. The van der Waals surface area contributed by atoms with Crippen molar-refractivity contribution >= 4 is 58.7 Å². The van der Waals surface area contributed by atoms with E-state index in [2.05, 4.69) is 16.0 Å². The minimum Gasteiger partial charge on any atom is -0.272 e. The second-order valence-electron chi connectivity index (χ2n) is 5.18. The quantitative estimate of drug-likeness (QED) is 0.360. The highest BCUT2D eigenvalue weighted by Gasteiger charge is 2.11. The zero-order valence-electron chi connectivity index (χ0n) is 13.7. The van der Waals surface area contributed by atoms with Crippen LogP contribution < -0.4 is 10.9 Å². The average molecular weight is 437 g/mol. The van der Waals surface area contributed by atoms with E-state index in [1.807, 2.05) is 30.3 Å².